The second-order valence-corrected chi connectivity index (χ2v) is 7.43. The Hall–Kier alpha value is -1.45. The molecule has 122 valence electrons. The van der Waals surface area contributed by atoms with Crippen LogP contribution in [0.5, 0.6) is 0 Å². The summed E-state index contributed by atoms with van der Waals surface area (Å²) in [6.07, 6.45) is 2.13. The van der Waals surface area contributed by atoms with Gasteiger partial charge in [-0.1, -0.05) is 24.3 Å². The average Bonchev–Trinajstić information content (AvgIpc) is 2.58. The van der Waals surface area contributed by atoms with Crippen LogP contribution in [0.25, 0.3) is 0 Å². The van der Waals surface area contributed by atoms with Crippen LogP contribution < -0.4 is 9.80 Å². The lowest BCUT2D eigenvalue weighted by Crippen LogP contribution is -3.13. The van der Waals surface area contributed by atoms with E-state index < -0.39 is 0 Å². The van der Waals surface area contributed by atoms with Gasteiger partial charge in [-0.3, -0.25) is 0 Å². The molecule has 1 heterocycles. The number of quaternary nitrogens is 1. The average molecular weight is 328 g/mol. The highest BCUT2D eigenvalue weighted by atomic mass is 32.2. The number of benzene rings is 2. The molecule has 0 unspecified atom stereocenters. The van der Waals surface area contributed by atoms with Gasteiger partial charge in [-0.2, -0.15) is 0 Å². The van der Waals surface area contributed by atoms with Crippen LogP contribution in [0.1, 0.15) is 16.7 Å². The number of rotatable bonds is 4. The number of nitrogens with one attached hydrogen (secondary N) is 1. The molecule has 1 aliphatic rings. The van der Waals surface area contributed by atoms with Gasteiger partial charge in [0.25, 0.3) is 0 Å². The van der Waals surface area contributed by atoms with Gasteiger partial charge < -0.3 is 9.80 Å². The minimum absolute atomic E-state index is 1.15. The van der Waals surface area contributed by atoms with E-state index in [2.05, 4.69) is 67.5 Å². The second kappa shape index (κ2) is 7.41. The molecule has 2 aromatic carbocycles. The lowest BCUT2D eigenvalue weighted by molar-refractivity contribution is -0.914. The third-order valence-corrected chi connectivity index (χ3v) is 5.53. The number of anilines is 1. The van der Waals surface area contributed by atoms with E-state index in [9.17, 15) is 0 Å². The Morgan fingerprint density at radius 2 is 1.70 bits per heavy atom. The number of piperazine rings is 1. The molecular weight excluding hydrogens is 300 g/mol. The van der Waals surface area contributed by atoms with E-state index in [1.807, 2.05) is 11.8 Å². The summed E-state index contributed by atoms with van der Waals surface area (Å²) in [5.74, 6) is 0. The first-order valence-electron chi connectivity index (χ1n) is 8.44. The van der Waals surface area contributed by atoms with Gasteiger partial charge in [-0.15, -0.1) is 11.8 Å². The predicted octanol–water partition coefficient (Wildman–Crippen LogP) is 2.93. The van der Waals surface area contributed by atoms with Gasteiger partial charge in [0.05, 0.1) is 26.2 Å². The van der Waals surface area contributed by atoms with Crippen LogP contribution in [0.3, 0.4) is 0 Å². The lowest BCUT2D eigenvalue weighted by atomic mass is 10.1. The van der Waals surface area contributed by atoms with E-state index in [-0.39, 0.29) is 0 Å². The van der Waals surface area contributed by atoms with Crippen molar-refractivity contribution in [3.63, 3.8) is 0 Å². The fourth-order valence-corrected chi connectivity index (χ4v) is 3.74. The largest absolute Gasteiger partial charge is 0.360 e. The molecule has 2 aromatic rings. The summed E-state index contributed by atoms with van der Waals surface area (Å²) in [5.41, 5.74) is 5.63. The molecule has 2 nitrogen and oxygen atoms in total. The monoisotopic (exact) mass is 327 g/mol. The van der Waals surface area contributed by atoms with Crippen molar-refractivity contribution >= 4 is 17.4 Å². The fourth-order valence-electron chi connectivity index (χ4n) is 3.33. The zero-order valence-electron chi connectivity index (χ0n) is 14.4. The third kappa shape index (κ3) is 4.10. The van der Waals surface area contributed by atoms with Crippen LogP contribution in [0.4, 0.5) is 5.69 Å². The Kier molecular flexibility index (Phi) is 5.29. The Balaban J connectivity index is 1.58. The summed E-state index contributed by atoms with van der Waals surface area (Å²) in [4.78, 5) is 5.61. The molecule has 0 bridgehead atoms. The number of nitrogens with zero attached hydrogens (tertiary/aromatic N) is 1. The van der Waals surface area contributed by atoms with Crippen LogP contribution in [-0.4, -0.2) is 32.4 Å². The number of aryl methyl sites for hydroxylation is 2. The zero-order chi connectivity index (χ0) is 16.2. The maximum atomic E-state index is 2.56. The van der Waals surface area contributed by atoms with Crippen molar-refractivity contribution in [3.8, 4) is 0 Å². The molecule has 0 amide bonds. The van der Waals surface area contributed by atoms with Crippen molar-refractivity contribution in [2.75, 3.05) is 37.3 Å². The van der Waals surface area contributed by atoms with E-state index in [0.29, 0.717) is 0 Å². The van der Waals surface area contributed by atoms with Gasteiger partial charge in [0.2, 0.25) is 0 Å². The Labute approximate surface area is 144 Å². The van der Waals surface area contributed by atoms with Gasteiger partial charge in [0.1, 0.15) is 6.54 Å². The molecular formula is C20H27N2S+. The van der Waals surface area contributed by atoms with Crippen molar-refractivity contribution < 1.29 is 4.90 Å². The van der Waals surface area contributed by atoms with Crippen molar-refractivity contribution in [2.45, 2.75) is 25.3 Å². The van der Waals surface area contributed by atoms with Crippen LogP contribution in [0, 0.1) is 13.8 Å². The van der Waals surface area contributed by atoms with Gasteiger partial charge in [-0.25, -0.2) is 0 Å². The summed E-state index contributed by atoms with van der Waals surface area (Å²) in [5, 5.41) is 0. The maximum absolute atomic E-state index is 2.56. The summed E-state index contributed by atoms with van der Waals surface area (Å²) in [7, 11) is 0. The summed E-state index contributed by atoms with van der Waals surface area (Å²) in [6.45, 7) is 10.3. The van der Waals surface area contributed by atoms with Gasteiger partial charge in [0, 0.05) is 16.1 Å². The predicted molar refractivity (Wildman–Crippen MR) is 101 cm³/mol. The summed E-state index contributed by atoms with van der Waals surface area (Å²) in [6, 6.07) is 15.8. The molecule has 1 aliphatic heterocycles. The van der Waals surface area contributed by atoms with Crippen molar-refractivity contribution in [3.05, 3.63) is 59.2 Å². The Bertz CT molecular complexity index is 643. The minimum atomic E-state index is 1.15. The number of hydrogen-bond donors (Lipinski definition) is 1. The second-order valence-electron chi connectivity index (χ2n) is 6.55. The molecule has 3 rings (SSSR count). The number of thioether (sulfide) groups is 1. The highest BCUT2D eigenvalue weighted by molar-refractivity contribution is 7.98. The first-order valence-corrected chi connectivity index (χ1v) is 9.67. The topological polar surface area (TPSA) is 7.68 Å². The molecule has 0 radical (unpaired) electrons. The van der Waals surface area contributed by atoms with E-state index in [0.717, 1.165) is 19.6 Å². The molecule has 0 aromatic heterocycles. The molecule has 3 heteroatoms. The van der Waals surface area contributed by atoms with Crippen molar-refractivity contribution in [1.82, 2.24) is 0 Å². The molecule has 1 fully saturated rings. The molecule has 0 aliphatic carbocycles. The highest BCUT2D eigenvalue weighted by Crippen LogP contribution is 2.21. The van der Waals surface area contributed by atoms with Crippen LogP contribution in [0.15, 0.2) is 47.4 Å². The molecule has 0 spiro atoms. The van der Waals surface area contributed by atoms with Crippen LogP contribution in [-0.2, 0) is 6.54 Å². The summed E-state index contributed by atoms with van der Waals surface area (Å²) >= 11 is 1.81. The third-order valence-electron chi connectivity index (χ3n) is 4.79. The number of hydrogen-bond acceptors (Lipinski definition) is 2. The SMILES string of the molecule is CSc1ccc(C[NH+]2CCN(c3cc(C)ccc3C)CC2)cc1. The molecule has 0 saturated carbocycles. The molecule has 0 atom stereocenters. The smallest absolute Gasteiger partial charge is 0.103 e. The molecule has 1 N–H and O–H groups in total. The quantitative estimate of drug-likeness (QED) is 0.864. The van der Waals surface area contributed by atoms with Gasteiger partial charge in [0.15, 0.2) is 0 Å². The van der Waals surface area contributed by atoms with E-state index in [4.69, 9.17) is 0 Å². The van der Waals surface area contributed by atoms with Crippen LogP contribution >= 0.6 is 11.8 Å². The summed E-state index contributed by atoms with van der Waals surface area (Å²) < 4.78 is 0. The van der Waals surface area contributed by atoms with E-state index in [1.54, 1.807) is 4.90 Å². The van der Waals surface area contributed by atoms with E-state index in [1.165, 1.54) is 40.4 Å². The van der Waals surface area contributed by atoms with E-state index >= 15 is 0 Å². The standard InChI is InChI=1S/C20H26N2S/c1-16-4-5-17(2)20(14-16)22-12-10-21(11-13-22)15-18-6-8-19(23-3)9-7-18/h4-9,14H,10-13,15H2,1-3H3/p+1. The van der Waals surface area contributed by atoms with Gasteiger partial charge >= 0.3 is 0 Å². The fraction of sp³-hybridized carbons (Fsp3) is 0.400. The maximum Gasteiger partial charge on any atom is 0.103 e. The Morgan fingerprint density at radius 3 is 2.35 bits per heavy atom. The normalized spacial score (nSPS) is 15.9. The minimum Gasteiger partial charge on any atom is -0.360 e. The van der Waals surface area contributed by atoms with Crippen LogP contribution in [0.2, 0.25) is 0 Å². The Morgan fingerprint density at radius 1 is 1.00 bits per heavy atom. The molecule has 23 heavy (non-hydrogen) atoms. The zero-order valence-corrected chi connectivity index (χ0v) is 15.2. The van der Waals surface area contributed by atoms with Gasteiger partial charge in [-0.05, 0) is 49.4 Å². The van der Waals surface area contributed by atoms with Crippen molar-refractivity contribution in [2.24, 2.45) is 0 Å². The first kappa shape index (κ1) is 16.4. The first-order chi connectivity index (χ1) is 11.2. The van der Waals surface area contributed by atoms with Crippen molar-refractivity contribution in [1.29, 1.82) is 0 Å². The highest BCUT2D eigenvalue weighted by Gasteiger charge is 2.21. The lowest BCUT2D eigenvalue weighted by Gasteiger charge is -2.34. The molecule has 1 saturated heterocycles.